The molecule has 564 valence electrons. The summed E-state index contributed by atoms with van der Waals surface area (Å²) in [5.41, 5.74) is 11.2. The van der Waals surface area contributed by atoms with Gasteiger partial charge in [-0.3, -0.25) is 58.2 Å². The van der Waals surface area contributed by atoms with Gasteiger partial charge in [0.25, 0.3) is 0 Å². The van der Waals surface area contributed by atoms with E-state index in [2.05, 4.69) is 154 Å². The lowest BCUT2D eigenvalue weighted by Crippen LogP contribution is -2.55. The van der Waals surface area contributed by atoms with Crippen LogP contribution in [0.1, 0.15) is 150 Å². The predicted molar refractivity (Wildman–Crippen MR) is 411 cm³/mol. The SMILES string of the molecule is C=CCN1C[C@H](C(=O)N(CCCNC(=O)CC)C(=O)NCC)C[C@@H]2c3cccc4[nH]cc(c34)C[C@H]21.C=CCN1C[C@H](C(=O)N(CCCNC(=O)CC)C(=O)NCC)C[C@@H]2c3cccc4[nH]cc(c34)C[C@H]21.C=CCN1C[C@H](C(=O)N(CCCNC(=O)CC)C(=O)NCC)C[C@@H]2c3cccc4[nH]cc(c34)C[C@H]21. The fraction of sp³-hybridized carbons (Fsp3) is 0.519. The van der Waals surface area contributed by atoms with Crippen LogP contribution in [0.4, 0.5) is 14.4 Å². The van der Waals surface area contributed by atoms with Gasteiger partial charge in [0.1, 0.15) is 0 Å². The van der Waals surface area contributed by atoms with Gasteiger partial charge < -0.3 is 46.9 Å². The average Bonchev–Trinajstić information content (AvgIpc) is 1.71. The number of fused-ring (bicyclic) bond motifs is 6. The number of carbonyl (C=O) groups is 9. The molecule has 9 N–H and O–H groups in total. The first kappa shape index (κ1) is 78.2. The van der Waals surface area contributed by atoms with Crippen LogP contribution in [0.2, 0.25) is 0 Å². The van der Waals surface area contributed by atoms with Gasteiger partial charge in [0.15, 0.2) is 0 Å². The maximum Gasteiger partial charge on any atom is 0.324 e. The number of likely N-dealkylation sites (tertiary alicyclic amines) is 3. The molecule has 3 aliphatic carbocycles. The number of benzene rings is 3. The molecule has 3 saturated heterocycles. The number of hydrogen-bond acceptors (Lipinski definition) is 12. The van der Waals surface area contributed by atoms with Crippen LogP contribution in [0.15, 0.2) is 111 Å². The van der Waals surface area contributed by atoms with Gasteiger partial charge in [-0.1, -0.05) is 75.4 Å². The Morgan fingerprint density at radius 3 is 0.943 bits per heavy atom. The molecule has 24 heteroatoms. The first-order valence-corrected chi connectivity index (χ1v) is 38.3. The molecule has 6 aromatic rings. The lowest BCUT2D eigenvalue weighted by atomic mass is 9.72. The number of carbonyl (C=O) groups excluding carboxylic acids is 9. The summed E-state index contributed by atoms with van der Waals surface area (Å²) in [7, 11) is 0. The van der Waals surface area contributed by atoms with Crippen molar-refractivity contribution in [3.63, 3.8) is 0 Å². The van der Waals surface area contributed by atoms with E-state index in [-0.39, 0.29) is 109 Å². The Balaban J connectivity index is 0.000000169. The van der Waals surface area contributed by atoms with Crippen molar-refractivity contribution in [1.29, 1.82) is 0 Å². The van der Waals surface area contributed by atoms with E-state index in [0.717, 1.165) is 35.8 Å². The molecule has 12 rings (SSSR count). The number of hydrogen-bond donors (Lipinski definition) is 9. The number of aromatic nitrogens is 3. The van der Waals surface area contributed by atoms with Crippen LogP contribution in [0.3, 0.4) is 0 Å². The van der Waals surface area contributed by atoms with Crippen LogP contribution < -0.4 is 31.9 Å². The molecule has 12 amide bonds. The molecule has 0 saturated carbocycles. The lowest BCUT2D eigenvalue weighted by molar-refractivity contribution is -0.136. The van der Waals surface area contributed by atoms with E-state index in [1.807, 2.05) is 39.0 Å². The minimum absolute atomic E-state index is 0.0325. The highest BCUT2D eigenvalue weighted by molar-refractivity contribution is 5.98. The topological polar surface area (TPSA) is 293 Å². The largest absolute Gasteiger partial charge is 0.361 e. The number of amides is 12. The first-order chi connectivity index (χ1) is 50.9. The Bertz CT molecular complexity index is 3690. The zero-order valence-electron chi connectivity index (χ0n) is 62.4. The average molecular weight is 1440 g/mol. The van der Waals surface area contributed by atoms with Crippen LogP contribution in [0.25, 0.3) is 32.7 Å². The number of piperidine rings is 3. The van der Waals surface area contributed by atoms with E-state index in [1.165, 1.54) is 64.2 Å². The Kier molecular flexibility index (Phi) is 27.6. The molecule has 0 unspecified atom stereocenters. The van der Waals surface area contributed by atoms with Gasteiger partial charge in [-0.25, -0.2) is 14.4 Å². The van der Waals surface area contributed by atoms with Crippen LogP contribution >= 0.6 is 0 Å². The third-order valence-corrected chi connectivity index (χ3v) is 22.0. The van der Waals surface area contributed by atoms with Crippen molar-refractivity contribution < 1.29 is 43.2 Å². The molecular formula is C81H111N15O9. The summed E-state index contributed by atoms with van der Waals surface area (Å²) in [5.74, 6) is -0.760. The number of nitrogens with one attached hydrogen (secondary N) is 9. The number of urea groups is 3. The van der Waals surface area contributed by atoms with Crippen LogP contribution in [-0.4, -0.2) is 214 Å². The first-order valence-electron chi connectivity index (χ1n) is 38.3. The second-order valence-corrected chi connectivity index (χ2v) is 28.6. The van der Waals surface area contributed by atoms with Crippen molar-refractivity contribution in [3.8, 4) is 0 Å². The molecule has 0 radical (unpaired) electrons. The second-order valence-electron chi connectivity index (χ2n) is 28.6. The summed E-state index contributed by atoms with van der Waals surface area (Å²) >= 11 is 0. The molecule has 24 nitrogen and oxygen atoms in total. The Hall–Kier alpha value is -9.39. The highest BCUT2D eigenvalue weighted by Crippen LogP contribution is 2.48. The zero-order chi connectivity index (χ0) is 74.8. The van der Waals surface area contributed by atoms with Crippen molar-refractivity contribution in [2.75, 3.05) is 98.2 Å². The van der Waals surface area contributed by atoms with Gasteiger partial charge in [-0.05, 0) is 130 Å². The Labute approximate surface area is 617 Å². The fourth-order valence-corrected chi connectivity index (χ4v) is 17.2. The van der Waals surface area contributed by atoms with Crippen molar-refractivity contribution in [2.45, 2.75) is 154 Å². The van der Waals surface area contributed by atoms with E-state index < -0.39 is 0 Å². The molecule has 0 spiro atoms. The maximum atomic E-state index is 13.8. The van der Waals surface area contributed by atoms with Crippen molar-refractivity contribution in [2.24, 2.45) is 17.8 Å². The minimum Gasteiger partial charge on any atom is -0.361 e. The highest BCUT2D eigenvalue weighted by Gasteiger charge is 2.48. The van der Waals surface area contributed by atoms with E-state index in [9.17, 15) is 43.2 Å². The van der Waals surface area contributed by atoms with E-state index in [1.54, 1.807) is 20.8 Å². The number of aromatic amines is 3. The summed E-state index contributed by atoms with van der Waals surface area (Å²) in [5, 5.41) is 20.7. The normalized spacial score (nSPS) is 21.3. The van der Waals surface area contributed by atoms with E-state index in [0.29, 0.717) is 154 Å². The van der Waals surface area contributed by atoms with Gasteiger partial charge >= 0.3 is 18.1 Å². The van der Waals surface area contributed by atoms with Crippen LogP contribution in [0.5, 0.6) is 0 Å². The minimum atomic E-state index is -0.365. The van der Waals surface area contributed by atoms with Gasteiger partial charge in [-0.15, -0.1) is 19.7 Å². The number of rotatable bonds is 27. The molecule has 3 aromatic heterocycles. The smallest absolute Gasteiger partial charge is 0.324 e. The molecular weight excluding hydrogens is 1330 g/mol. The van der Waals surface area contributed by atoms with Crippen molar-refractivity contribution in [3.05, 3.63) is 145 Å². The molecule has 3 fully saturated rings. The molecule has 0 bridgehead atoms. The molecule has 6 heterocycles. The van der Waals surface area contributed by atoms with E-state index >= 15 is 0 Å². The molecule has 9 atom stereocenters. The van der Waals surface area contributed by atoms with E-state index in [4.69, 9.17) is 0 Å². The second kappa shape index (κ2) is 37.0. The third-order valence-electron chi connectivity index (χ3n) is 22.0. The van der Waals surface area contributed by atoms with Crippen molar-refractivity contribution >= 4 is 86.2 Å². The molecule has 6 aliphatic rings. The van der Waals surface area contributed by atoms with Gasteiger partial charge in [-0.2, -0.15) is 0 Å². The summed E-state index contributed by atoms with van der Waals surface area (Å²) in [6, 6.07) is 18.9. The number of nitrogens with zero attached hydrogens (tertiary/aromatic N) is 6. The van der Waals surface area contributed by atoms with Gasteiger partial charge in [0.05, 0.1) is 17.8 Å². The zero-order valence-corrected chi connectivity index (χ0v) is 62.4. The maximum absolute atomic E-state index is 13.8. The third kappa shape index (κ3) is 18.0. The number of imide groups is 3. The molecule has 3 aromatic carbocycles. The van der Waals surface area contributed by atoms with Gasteiger partial charge in [0, 0.05) is 205 Å². The standard InChI is InChI=1S/3C27H37N5O3/c3*1-4-12-31-17-19(26(34)32(27(35)28-6-3)13-8-11-29-24(33)5-2)14-21-20-9-7-10-22-25(20)18(16-30-22)15-23(21)31/h3*4,7,9-10,16,19,21,23,30H,1,5-6,8,11-15,17H2,2-3H3,(H,28,35)(H,29,33)/t3*19-,21-,23-/m111/s1. The summed E-state index contributed by atoms with van der Waals surface area (Å²) < 4.78 is 0. The highest BCUT2D eigenvalue weighted by atomic mass is 16.2. The Morgan fingerprint density at radius 1 is 0.419 bits per heavy atom. The quantitative estimate of drug-likeness (QED) is 0.0172. The number of H-pyrrole nitrogens is 3. The van der Waals surface area contributed by atoms with Crippen LogP contribution in [-0.2, 0) is 48.0 Å². The van der Waals surface area contributed by atoms with Crippen molar-refractivity contribution in [1.82, 2.24) is 76.3 Å². The molecule has 3 aliphatic heterocycles. The summed E-state index contributed by atoms with van der Waals surface area (Å²) in [6.45, 7) is 30.2. The lowest BCUT2D eigenvalue weighted by Gasteiger charge is -2.47. The summed E-state index contributed by atoms with van der Waals surface area (Å²) in [6.07, 6.45) is 19.8. The summed E-state index contributed by atoms with van der Waals surface area (Å²) in [4.78, 5) is 136. The predicted octanol–water partition coefficient (Wildman–Crippen LogP) is 9.48. The Morgan fingerprint density at radius 2 is 0.695 bits per heavy atom. The van der Waals surface area contributed by atoms with Gasteiger partial charge in [0.2, 0.25) is 35.4 Å². The molecule has 105 heavy (non-hydrogen) atoms. The monoisotopic (exact) mass is 1440 g/mol. The van der Waals surface area contributed by atoms with Crippen LogP contribution in [0, 0.1) is 17.8 Å². The fourth-order valence-electron chi connectivity index (χ4n) is 17.2.